The van der Waals surface area contributed by atoms with Crippen molar-refractivity contribution in [3.05, 3.63) is 35.4 Å². The van der Waals surface area contributed by atoms with E-state index in [1.54, 1.807) is 0 Å². The second-order valence-electron chi connectivity index (χ2n) is 5.24. The molecule has 3 atom stereocenters. The molecule has 0 saturated heterocycles. The van der Waals surface area contributed by atoms with Gasteiger partial charge in [-0.2, -0.15) is 0 Å². The zero-order valence-corrected chi connectivity index (χ0v) is 9.69. The van der Waals surface area contributed by atoms with Crippen molar-refractivity contribution < 1.29 is 5.11 Å². The number of fused-ring (bicyclic) bond motifs is 1. The molecule has 0 bridgehead atoms. The first kappa shape index (κ1) is 10.3. The topological polar surface area (TPSA) is 32.3 Å². The normalized spacial score (nSPS) is 30.1. The van der Waals surface area contributed by atoms with Gasteiger partial charge in [-0.1, -0.05) is 24.3 Å². The smallest absolute Gasteiger partial charge is 0.0775 e. The lowest BCUT2D eigenvalue weighted by atomic mass is 10.1. The maximum atomic E-state index is 10.1. The van der Waals surface area contributed by atoms with Gasteiger partial charge in [-0.25, -0.2) is 0 Å². The first-order chi connectivity index (χ1) is 7.75. The highest BCUT2D eigenvalue weighted by Crippen LogP contribution is 2.36. The Hall–Kier alpha value is -0.860. The Bertz CT molecular complexity index is 386. The summed E-state index contributed by atoms with van der Waals surface area (Å²) in [4.78, 5) is 0. The largest absolute Gasteiger partial charge is 0.391 e. The fraction of sp³-hybridized carbons (Fsp3) is 0.571. The van der Waals surface area contributed by atoms with Gasteiger partial charge in [0.05, 0.1) is 12.1 Å². The Morgan fingerprint density at radius 1 is 1.31 bits per heavy atom. The minimum Gasteiger partial charge on any atom is -0.391 e. The van der Waals surface area contributed by atoms with Crippen LogP contribution in [0, 0.1) is 5.92 Å². The molecule has 0 heterocycles. The zero-order valence-electron chi connectivity index (χ0n) is 9.69. The number of aliphatic hydroxyl groups is 1. The number of aliphatic hydroxyl groups excluding tert-OH is 1. The van der Waals surface area contributed by atoms with Crippen LogP contribution in [-0.4, -0.2) is 17.3 Å². The van der Waals surface area contributed by atoms with Gasteiger partial charge < -0.3 is 10.4 Å². The third-order valence-corrected chi connectivity index (χ3v) is 3.98. The highest BCUT2D eigenvalue weighted by Gasteiger charge is 2.35. The molecule has 0 radical (unpaired) electrons. The maximum Gasteiger partial charge on any atom is 0.0775 e. The minimum absolute atomic E-state index is 0.145. The Labute approximate surface area is 96.7 Å². The Morgan fingerprint density at radius 3 is 2.81 bits per heavy atom. The lowest BCUT2D eigenvalue weighted by Crippen LogP contribution is -2.36. The van der Waals surface area contributed by atoms with Crippen LogP contribution >= 0.6 is 0 Å². The lowest BCUT2D eigenvalue weighted by Gasteiger charge is -2.23. The SMILES string of the molecule is CC(NC1c2ccccc2CC1O)C1CC1. The molecule has 1 fully saturated rings. The van der Waals surface area contributed by atoms with Crippen molar-refractivity contribution in [2.45, 2.75) is 44.4 Å². The monoisotopic (exact) mass is 217 g/mol. The molecule has 1 saturated carbocycles. The van der Waals surface area contributed by atoms with Gasteiger partial charge in [0.15, 0.2) is 0 Å². The van der Waals surface area contributed by atoms with Crippen molar-refractivity contribution in [2.24, 2.45) is 5.92 Å². The number of rotatable bonds is 3. The van der Waals surface area contributed by atoms with E-state index in [1.165, 1.54) is 24.0 Å². The van der Waals surface area contributed by atoms with Gasteiger partial charge >= 0.3 is 0 Å². The molecular formula is C14H19NO. The average molecular weight is 217 g/mol. The van der Waals surface area contributed by atoms with Gasteiger partial charge in [0, 0.05) is 12.5 Å². The van der Waals surface area contributed by atoms with Crippen molar-refractivity contribution in [3.8, 4) is 0 Å². The fourth-order valence-electron chi connectivity index (χ4n) is 2.79. The molecule has 16 heavy (non-hydrogen) atoms. The molecule has 2 heteroatoms. The first-order valence-electron chi connectivity index (χ1n) is 6.27. The van der Waals surface area contributed by atoms with Gasteiger partial charge in [0.1, 0.15) is 0 Å². The summed E-state index contributed by atoms with van der Waals surface area (Å²) < 4.78 is 0. The van der Waals surface area contributed by atoms with E-state index in [0.29, 0.717) is 6.04 Å². The van der Waals surface area contributed by atoms with Crippen LogP contribution in [0.1, 0.15) is 36.9 Å². The molecule has 86 valence electrons. The highest BCUT2D eigenvalue weighted by atomic mass is 16.3. The van der Waals surface area contributed by atoms with Crippen LogP contribution in [0.15, 0.2) is 24.3 Å². The molecule has 0 aliphatic heterocycles. The molecule has 3 unspecified atom stereocenters. The van der Waals surface area contributed by atoms with Crippen molar-refractivity contribution in [3.63, 3.8) is 0 Å². The summed E-state index contributed by atoms with van der Waals surface area (Å²) in [6, 6.07) is 9.06. The lowest BCUT2D eigenvalue weighted by molar-refractivity contribution is 0.134. The molecular weight excluding hydrogens is 198 g/mol. The van der Waals surface area contributed by atoms with Crippen molar-refractivity contribution in [2.75, 3.05) is 0 Å². The van der Waals surface area contributed by atoms with E-state index < -0.39 is 0 Å². The Kier molecular flexibility index (Phi) is 2.49. The van der Waals surface area contributed by atoms with Crippen LogP contribution in [0.3, 0.4) is 0 Å². The summed E-state index contributed by atoms with van der Waals surface area (Å²) in [5.74, 6) is 0.833. The predicted octanol–water partition coefficient (Wildman–Crippen LogP) is 2.03. The third kappa shape index (κ3) is 1.76. The molecule has 2 aliphatic carbocycles. The molecule has 2 N–H and O–H groups in total. The standard InChI is InChI=1S/C14H19NO/c1-9(10-6-7-10)15-14-12-5-3-2-4-11(12)8-13(14)16/h2-5,9-10,13-16H,6-8H2,1H3. The number of hydrogen-bond acceptors (Lipinski definition) is 2. The molecule has 0 spiro atoms. The predicted molar refractivity (Wildman–Crippen MR) is 64.2 cm³/mol. The number of hydrogen-bond donors (Lipinski definition) is 2. The van der Waals surface area contributed by atoms with E-state index in [0.717, 1.165) is 12.3 Å². The Balaban J connectivity index is 1.78. The van der Waals surface area contributed by atoms with Crippen LogP contribution in [0.5, 0.6) is 0 Å². The third-order valence-electron chi connectivity index (χ3n) is 3.98. The molecule has 3 rings (SSSR count). The van der Waals surface area contributed by atoms with Gasteiger partial charge in [0.25, 0.3) is 0 Å². The molecule has 0 amide bonds. The van der Waals surface area contributed by atoms with Gasteiger partial charge in [-0.05, 0) is 36.8 Å². The summed E-state index contributed by atoms with van der Waals surface area (Å²) >= 11 is 0. The highest BCUT2D eigenvalue weighted by molar-refractivity contribution is 5.36. The summed E-state index contributed by atoms with van der Waals surface area (Å²) in [6.45, 7) is 2.24. The number of nitrogens with one attached hydrogen (secondary N) is 1. The summed E-state index contributed by atoms with van der Waals surface area (Å²) in [5.41, 5.74) is 2.60. The van der Waals surface area contributed by atoms with Crippen LogP contribution in [-0.2, 0) is 6.42 Å². The molecule has 2 aliphatic rings. The molecule has 2 nitrogen and oxygen atoms in total. The summed E-state index contributed by atoms with van der Waals surface area (Å²) in [5, 5.41) is 13.7. The van der Waals surface area contributed by atoms with E-state index in [9.17, 15) is 5.11 Å². The fourth-order valence-corrected chi connectivity index (χ4v) is 2.79. The average Bonchev–Trinajstić information content (AvgIpc) is 3.06. The summed E-state index contributed by atoms with van der Waals surface area (Å²) in [7, 11) is 0. The van der Waals surface area contributed by atoms with E-state index in [2.05, 4.69) is 36.5 Å². The van der Waals surface area contributed by atoms with Gasteiger partial charge in [-0.15, -0.1) is 0 Å². The van der Waals surface area contributed by atoms with Crippen LogP contribution < -0.4 is 5.32 Å². The Morgan fingerprint density at radius 2 is 2.06 bits per heavy atom. The van der Waals surface area contributed by atoms with Crippen molar-refractivity contribution >= 4 is 0 Å². The van der Waals surface area contributed by atoms with Gasteiger partial charge in [0.2, 0.25) is 0 Å². The maximum absolute atomic E-state index is 10.1. The van der Waals surface area contributed by atoms with Crippen molar-refractivity contribution in [1.82, 2.24) is 5.32 Å². The van der Waals surface area contributed by atoms with E-state index in [1.807, 2.05) is 0 Å². The van der Waals surface area contributed by atoms with E-state index in [-0.39, 0.29) is 12.1 Å². The quantitative estimate of drug-likeness (QED) is 0.812. The second-order valence-corrected chi connectivity index (χ2v) is 5.24. The summed E-state index contributed by atoms with van der Waals surface area (Å²) in [6.07, 6.45) is 3.24. The van der Waals surface area contributed by atoms with Crippen molar-refractivity contribution in [1.29, 1.82) is 0 Å². The minimum atomic E-state index is -0.251. The molecule has 0 aromatic heterocycles. The van der Waals surface area contributed by atoms with Gasteiger partial charge in [-0.3, -0.25) is 0 Å². The van der Waals surface area contributed by atoms with Crippen LogP contribution in [0.25, 0.3) is 0 Å². The molecule has 1 aromatic rings. The number of benzene rings is 1. The van der Waals surface area contributed by atoms with Crippen LogP contribution in [0.2, 0.25) is 0 Å². The zero-order chi connectivity index (χ0) is 11.1. The van der Waals surface area contributed by atoms with E-state index >= 15 is 0 Å². The van der Waals surface area contributed by atoms with Crippen LogP contribution in [0.4, 0.5) is 0 Å². The molecule has 1 aromatic carbocycles. The van der Waals surface area contributed by atoms with E-state index in [4.69, 9.17) is 0 Å². The first-order valence-corrected chi connectivity index (χ1v) is 6.27. The second kappa shape index (κ2) is 3.86.